The van der Waals surface area contributed by atoms with Gasteiger partial charge in [0.25, 0.3) is 5.91 Å². The van der Waals surface area contributed by atoms with Crippen LogP contribution in [0.2, 0.25) is 0 Å². The first-order valence-corrected chi connectivity index (χ1v) is 13.3. The van der Waals surface area contributed by atoms with Crippen LogP contribution in [0.3, 0.4) is 0 Å². The highest BCUT2D eigenvalue weighted by Crippen LogP contribution is 2.27. The van der Waals surface area contributed by atoms with Crippen LogP contribution in [0.1, 0.15) is 22.7 Å². The second-order valence-corrected chi connectivity index (χ2v) is 9.62. The van der Waals surface area contributed by atoms with Gasteiger partial charge in [0.1, 0.15) is 6.04 Å². The molecule has 2 amide bonds. The van der Waals surface area contributed by atoms with Crippen LogP contribution in [0.25, 0.3) is 0 Å². The summed E-state index contributed by atoms with van der Waals surface area (Å²) in [6.07, 6.45) is 0.207. The largest absolute Gasteiger partial charge is 0.378 e. The molecule has 6 nitrogen and oxygen atoms in total. The number of morpholine rings is 1. The number of benzene rings is 4. The Morgan fingerprint density at radius 3 is 1.92 bits per heavy atom. The first kappa shape index (κ1) is 26.2. The number of ether oxygens (including phenoxy) is 1. The summed E-state index contributed by atoms with van der Waals surface area (Å²) in [5, 5.41) is 3.08. The molecule has 1 aliphatic rings. The minimum atomic E-state index is -0.804. The van der Waals surface area contributed by atoms with Gasteiger partial charge in [-0.3, -0.25) is 9.59 Å². The third-order valence-electron chi connectivity index (χ3n) is 6.90. The van der Waals surface area contributed by atoms with Gasteiger partial charge in [0, 0.05) is 31.0 Å². The van der Waals surface area contributed by atoms with Crippen molar-refractivity contribution in [3.8, 4) is 0 Å². The number of anilines is 2. The molecule has 1 saturated heterocycles. The van der Waals surface area contributed by atoms with Crippen LogP contribution in [0.15, 0.2) is 115 Å². The van der Waals surface area contributed by atoms with E-state index in [2.05, 4.69) is 10.2 Å². The monoisotopic (exact) mass is 519 g/mol. The molecule has 198 valence electrons. The van der Waals surface area contributed by atoms with Crippen LogP contribution in [0.5, 0.6) is 0 Å². The molecule has 1 unspecified atom stereocenters. The highest BCUT2D eigenvalue weighted by atomic mass is 16.5. The Morgan fingerprint density at radius 1 is 0.744 bits per heavy atom. The minimum absolute atomic E-state index is 0.114. The first-order valence-electron chi connectivity index (χ1n) is 13.3. The van der Waals surface area contributed by atoms with Gasteiger partial charge < -0.3 is 19.9 Å². The molecule has 0 aliphatic carbocycles. The minimum Gasteiger partial charge on any atom is -0.378 e. The van der Waals surface area contributed by atoms with Crippen LogP contribution in [0, 0.1) is 0 Å². The molecule has 1 fully saturated rings. The standard InChI is InChI=1S/C33H33N3O3/c37-31(24-26-10-4-1-5-11-26)36(25-27-12-6-2-7-13-27)32(28-14-8-3-9-15-28)33(38)34-29-16-18-30(19-17-29)35-20-22-39-23-21-35/h1-19,32H,20-25H2,(H,34,38). The predicted molar refractivity (Wildman–Crippen MR) is 154 cm³/mol. The fourth-order valence-corrected chi connectivity index (χ4v) is 4.87. The number of rotatable bonds is 9. The number of carbonyl (C=O) groups is 2. The van der Waals surface area contributed by atoms with E-state index < -0.39 is 6.04 Å². The third-order valence-corrected chi connectivity index (χ3v) is 6.90. The number of carbonyl (C=O) groups excluding carboxylic acids is 2. The van der Waals surface area contributed by atoms with Crippen LogP contribution in [-0.2, 0) is 27.3 Å². The SMILES string of the molecule is O=C(Nc1ccc(N2CCOCC2)cc1)C(c1ccccc1)N(Cc1ccccc1)C(=O)Cc1ccccc1. The summed E-state index contributed by atoms with van der Waals surface area (Å²) in [6, 6.07) is 36.0. The summed E-state index contributed by atoms with van der Waals surface area (Å²) in [5.41, 5.74) is 4.42. The number of hydrogen-bond acceptors (Lipinski definition) is 4. The molecule has 0 radical (unpaired) electrons. The summed E-state index contributed by atoms with van der Waals surface area (Å²) in [5.74, 6) is -0.366. The average Bonchev–Trinajstić information content (AvgIpc) is 2.99. The Balaban J connectivity index is 1.43. The van der Waals surface area contributed by atoms with Gasteiger partial charge in [-0.05, 0) is 41.0 Å². The Bertz CT molecular complexity index is 1340. The Hall–Kier alpha value is -4.42. The van der Waals surface area contributed by atoms with Gasteiger partial charge in [0.15, 0.2) is 0 Å². The van der Waals surface area contributed by atoms with Gasteiger partial charge in [-0.15, -0.1) is 0 Å². The number of hydrogen-bond donors (Lipinski definition) is 1. The molecule has 6 heteroatoms. The van der Waals surface area contributed by atoms with E-state index in [9.17, 15) is 9.59 Å². The number of amides is 2. The summed E-state index contributed by atoms with van der Waals surface area (Å²) in [6.45, 7) is 3.44. The summed E-state index contributed by atoms with van der Waals surface area (Å²) >= 11 is 0. The molecule has 1 N–H and O–H groups in total. The molecule has 1 atom stereocenters. The van der Waals surface area contributed by atoms with Crippen molar-refractivity contribution in [2.45, 2.75) is 19.0 Å². The molecule has 39 heavy (non-hydrogen) atoms. The molecule has 0 spiro atoms. The fraction of sp³-hybridized carbons (Fsp3) is 0.212. The van der Waals surface area contributed by atoms with Gasteiger partial charge >= 0.3 is 0 Å². The Kier molecular flexibility index (Phi) is 8.66. The maximum Gasteiger partial charge on any atom is 0.251 e. The van der Waals surface area contributed by atoms with Gasteiger partial charge in [0.05, 0.1) is 19.6 Å². The van der Waals surface area contributed by atoms with Crippen LogP contribution >= 0.6 is 0 Å². The lowest BCUT2D eigenvalue weighted by Gasteiger charge is -2.32. The van der Waals surface area contributed by atoms with Crippen molar-refractivity contribution < 1.29 is 14.3 Å². The second kappa shape index (κ2) is 12.9. The van der Waals surface area contributed by atoms with Gasteiger partial charge in [-0.1, -0.05) is 91.0 Å². The van der Waals surface area contributed by atoms with E-state index >= 15 is 0 Å². The van der Waals surface area contributed by atoms with Crippen molar-refractivity contribution in [2.75, 3.05) is 36.5 Å². The summed E-state index contributed by atoms with van der Waals surface area (Å²) < 4.78 is 5.46. The molecule has 5 rings (SSSR count). The topological polar surface area (TPSA) is 61.9 Å². The van der Waals surface area contributed by atoms with E-state index in [1.54, 1.807) is 4.90 Å². The van der Waals surface area contributed by atoms with E-state index in [-0.39, 0.29) is 18.2 Å². The maximum absolute atomic E-state index is 14.0. The van der Waals surface area contributed by atoms with Crippen LogP contribution in [0.4, 0.5) is 11.4 Å². The fourth-order valence-electron chi connectivity index (χ4n) is 4.87. The van der Waals surface area contributed by atoms with Gasteiger partial charge in [-0.25, -0.2) is 0 Å². The molecular weight excluding hydrogens is 486 g/mol. The molecule has 0 bridgehead atoms. The van der Waals surface area contributed by atoms with E-state index in [0.717, 1.165) is 35.5 Å². The molecular formula is C33H33N3O3. The first-order chi connectivity index (χ1) is 19.2. The zero-order valence-corrected chi connectivity index (χ0v) is 21.9. The van der Waals surface area contributed by atoms with Crippen molar-refractivity contribution in [3.63, 3.8) is 0 Å². The van der Waals surface area contributed by atoms with E-state index in [0.29, 0.717) is 25.4 Å². The smallest absolute Gasteiger partial charge is 0.251 e. The average molecular weight is 520 g/mol. The van der Waals surface area contributed by atoms with Crippen molar-refractivity contribution in [3.05, 3.63) is 132 Å². The molecule has 4 aromatic rings. The summed E-state index contributed by atoms with van der Waals surface area (Å²) in [4.78, 5) is 31.8. The molecule has 4 aromatic carbocycles. The highest BCUT2D eigenvalue weighted by molar-refractivity contribution is 5.98. The lowest BCUT2D eigenvalue weighted by atomic mass is 10.0. The zero-order valence-electron chi connectivity index (χ0n) is 21.9. The zero-order chi connectivity index (χ0) is 26.9. The molecule has 0 aromatic heterocycles. The predicted octanol–water partition coefficient (Wildman–Crippen LogP) is 5.47. The lowest BCUT2D eigenvalue weighted by Crippen LogP contribution is -2.41. The van der Waals surface area contributed by atoms with E-state index in [1.165, 1.54) is 0 Å². The molecule has 1 aliphatic heterocycles. The number of nitrogens with one attached hydrogen (secondary N) is 1. The van der Waals surface area contributed by atoms with Crippen molar-refractivity contribution in [2.24, 2.45) is 0 Å². The third kappa shape index (κ3) is 6.92. The van der Waals surface area contributed by atoms with Gasteiger partial charge in [-0.2, -0.15) is 0 Å². The van der Waals surface area contributed by atoms with Gasteiger partial charge in [0.2, 0.25) is 5.91 Å². The maximum atomic E-state index is 14.0. The second-order valence-electron chi connectivity index (χ2n) is 9.62. The molecule has 1 heterocycles. The lowest BCUT2D eigenvalue weighted by molar-refractivity contribution is -0.139. The quantitative estimate of drug-likeness (QED) is 0.318. The van der Waals surface area contributed by atoms with Crippen molar-refractivity contribution in [1.29, 1.82) is 0 Å². The van der Waals surface area contributed by atoms with E-state index in [1.807, 2.05) is 115 Å². The van der Waals surface area contributed by atoms with E-state index in [4.69, 9.17) is 4.74 Å². The van der Waals surface area contributed by atoms with Crippen molar-refractivity contribution >= 4 is 23.2 Å². The van der Waals surface area contributed by atoms with Crippen LogP contribution in [-0.4, -0.2) is 43.0 Å². The Labute approximate surface area is 229 Å². The van der Waals surface area contributed by atoms with Crippen molar-refractivity contribution in [1.82, 2.24) is 4.90 Å². The molecule has 0 saturated carbocycles. The highest BCUT2D eigenvalue weighted by Gasteiger charge is 2.31. The number of nitrogens with zero attached hydrogens (tertiary/aromatic N) is 2. The summed E-state index contributed by atoms with van der Waals surface area (Å²) in [7, 11) is 0. The normalized spacial score (nSPS) is 13.9. The Morgan fingerprint density at radius 2 is 1.31 bits per heavy atom. The van der Waals surface area contributed by atoms with Crippen LogP contribution < -0.4 is 10.2 Å².